The topological polar surface area (TPSA) is 103 Å². The van der Waals surface area contributed by atoms with Gasteiger partial charge in [-0.25, -0.2) is 10.4 Å². The maximum absolute atomic E-state index is 12.8. The van der Waals surface area contributed by atoms with Gasteiger partial charge >= 0.3 is 0 Å². The smallest absolute Gasteiger partial charge is 0.272 e. The number of benzene rings is 2. The number of carbonyl (C=O) groups excluding carboxylic acids is 2. The fourth-order valence-corrected chi connectivity index (χ4v) is 3.11. The first-order chi connectivity index (χ1) is 14.4. The maximum Gasteiger partial charge on any atom is 0.272 e. The molecule has 0 saturated carbocycles. The van der Waals surface area contributed by atoms with Crippen molar-refractivity contribution < 1.29 is 24.2 Å². The van der Waals surface area contributed by atoms with Gasteiger partial charge in [-0.3, -0.25) is 4.79 Å². The molecule has 1 heterocycles. The Morgan fingerprint density at radius 3 is 2.53 bits per heavy atom. The first-order valence-electron chi connectivity index (χ1n) is 9.56. The summed E-state index contributed by atoms with van der Waals surface area (Å²) in [6, 6.07) is 11.7. The molecule has 30 heavy (non-hydrogen) atoms. The molecule has 8 heteroatoms. The summed E-state index contributed by atoms with van der Waals surface area (Å²) in [5.74, 6) is 1.04. The largest absolute Gasteiger partial charge is 0.530 e. The van der Waals surface area contributed by atoms with Gasteiger partial charge in [-0.15, -0.1) is 0 Å². The number of carboxylic acid groups (broad SMARTS) is 1. The van der Waals surface area contributed by atoms with Crippen LogP contribution >= 0.6 is 0 Å². The Kier molecular flexibility index (Phi) is 6.58. The van der Waals surface area contributed by atoms with E-state index in [0.717, 1.165) is 5.56 Å². The van der Waals surface area contributed by atoms with Gasteiger partial charge in [0.1, 0.15) is 6.09 Å². The van der Waals surface area contributed by atoms with Crippen molar-refractivity contribution >= 4 is 17.7 Å². The van der Waals surface area contributed by atoms with E-state index in [1.165, 1.54) is 17.1 Å². The van der Waals surface area contributed by atoms with E-state index >= 15 is 0 Å². The Morgan fingerprint density at radius 2 is 1.90 bits per heavy atom. The lowest BCUT2D eigenvalue weighted by atomic mass is 10.0. The maximum atomic E-state index is 12.8. The van der Waals surface area contributed by atoms with E-state index in [1.807, 2.05) is 38.1 Å². The number of carbonyl (C=O) groups is 2. The van der Waals surface area contributed by atoms with Crippen molar-refractivity contribution in [2.24, 2.45) is 0 Å². The number of rotatable bonds is 6. The van der Waals surface area contributed by atoms with Crippen molar-refractivity contribution in [3.63, 3.8) is 0 Å². The highest BCUT2D eigenvalue weighted by Gasteiger charge is 2.23. The third-order valence-corrected chi connectivity index (χ3v) is 4.47. The lowest BCUT2D eigenvalue weighted by molar-refractivity contribution is -0.242. The first kappa shape index (κ1) is 21.2. The minimum atomic E-state index is -1.40. The number of anilines is 1. The van der Waals surface area contributed by atoms with Crippen LogP contribution in [0.1, 0.15) is 42.2 Å². The van der Waals surface area contributed by atoms with E-state index in [9.17, 15) is 14.7 Å². The van der Waals surface area contributed by atoms with Gasteiger partial charge in [0.2, 0.25) is 0 Å². The molecule has 8 nitrogen and oxygen atoms in total. The quantitative estimate of drug-likeness (QED) is 0.759. The molecule has 2 N–H and O–H groups in total. The van der Waals surface area contributed by atoms with Gasteiger partial charge in [0, 0.05) is 17.5 Å². The summed E-state index contributed by atoms with van der Waals surface area (Å²) in [4.78, 5) is 23.4. The SMILES string of the molecule is COc1ccc(C2CC=CN(C(=O)c3ccc(NC(=O)[O-])cc3)N2)cc1OC(C)C. The number of ether oxygens (including phenoxy) is 2. The predicted octanol–water partition coefficient (Wildman–Crippen LogP) is 2.84. The first-order valence-corrected chi connectivity index (χ1v) is 9.56. The minimum Gasteiger partial charge on any atom is -0.530 e. The van der Waals surface area contributed by atoms with E-state index in [4.69, 9.17) is 9.47 Å². The van der Waals surface area contributed by atoms with Crippen LogP contribution < -0.4 is 25.3 Å². The van der Waals surface area contributed by atoms with Crippen LogP contribution in [-0.4, -0.2) is 30.2 Å². The molecule has 0 aromatic heterocycles. The zero-order chi connectivity index (χ0) is 21.7. The Hall–Kier alpha value is -3.52. The average molecular weight is 410 g/mol. The molecule has 0 spiro atoms. The highest BCUT2D eigenvalue weighted by molar-refractivity contribution is 5.95. The van der Waals surface area contributed by atoms with Crippen LogP contribution in [0.3, 0.4) is 0 Å². The molecule has 3 rings (SSSR count). The molecular formula is C22H24N3O5-. The number of methoxy groups -OCH3 is 1. The summed E-state index contributed by atoms with van der Waals surface area (Å²) < 4.78 is 11.2. The monoisotopic (exact) mass is 410 g/mol. The van der Waals surface area contributed by atoms with Gasteiger partial charge in [-0.2, -0.15) is 0 Å². The molecule has 158 valence electrons. The van der Waals surface area contributed by atoms with Crippen LogP contribution in [0, 0.1) is 0 Å². The van der Waals surface area contributed by atoms with Gasteiger partial charge in [-0.1, -0.05) is 12.1 Å². The predicted molar refractivity (Wildman–Crippen MR) is 110 cm³/mol. The fourth-order valence-electron chi connectivity index (χ4n) is 3.11. The molecule has 1 aliphatic heterocycles. The summed E-state index contributed by atoms with van der Waals surface area (Å²) in [7, 11) is 1.60. The third kappa shape index (κ3) is 5.09. The molecule has 0 radical (unpaired) electrons. The molecule has 1 unspecified atom stereocenters. The van der Waals surface area contributed by atoms with Gasteiger partial charge in [0.15, 0.2) is 11.5 Å². The lowest BCUT2D eigenvalue weighted by Gasteiger charge is -2.30. The molecule has 1 aliphatic rings. The molecule has 2 aromatic rings. The van der Waals surface area contributed by atoms with Crippen LogP contribution in [-0.2, 0) is 0 Å². The Bertz CT molecular complexity index is 940. The van der Waals surface area contributed by atoms with E-state index in [2.05, 4.69) is 10.7 Å². The molecule has 1 atom stereocenters. The molecule has 0 saturated heterocycles. The second-order valence-electron chi connectivity index (χ2n) is 7.04. The number of nitrogens with one attached hydrogen (secondary N) is 2. The molecule has 2 amide bonds. The molecule has 0 bridgehead atoms. The van der Waals surface area contributed by atoms with Crippen LogP contribution in [0.4, 0.5) is 10.5 Å². The molecular weight excluding hydrogens is 386 g/mol. The number of hydrogen-bond acceptors (Lipinski definition) is 6. The molecule has 2 aromatic carbocycles. The number of nitrogens with zero attached hydrogens (tertiary/aromatic N) is 1. The zero-order valence-corrected chi connectivity index (χ0v) is 17.0. The van der Waals surface area contributed by atoms with Crippen LogP contribution in [0.2, 0.25) is 0 Å². The van der Waals surface area contributed by atoms with Crippen molar-refractivity contribution in [1.82, 2.24) is 10.4 Å². The van der Waals surface area contributed by atoms with Crippen LogP contribution in [0.15, 0.2) is 54.7 Å². The summed E-state index contributed by atoms with van der Waals surface area (Å²) in [6.45, 7) is 3.89. The molecule has 0 aliphatic carbocycles. The highest BCUT2D eigenvalue weighted by atomic mass is 16.5. The standard InChI is InChI=1S/C22H25N3O5/c1-14(2)30-20-13-16(8-11-19(20)29-3)18-5-4-12-25(24-18)21(26)15-6-9-17(10-7-15)23-22(27)28/h4,6-14,18,23-24H,5H2,1-3H3,(H,27,28)/p-1. The minimum absolute atomic E-state index is 0.000747. The van der Waals surface area contributed by atoms with Crippen molar-refractivity contribution in [2.45, 2.75) is 32.4 Å². The van der Waals surface area contributed by atoms with Gasteiger partial charge in [-0.05, 0) is 62.2 Å². The van der Waals surface area contributed by atoms with E-state index in [-0.39, 0.29) is 18.1 Å². The Labute approximate surface area is 175 Å². The second kappa shape index (κ2) is 9.32. The Morgan fingerprint density at radius 1 is 1.17 bits per heavy atom. The van der Waals surface area contributed by atoms with Gasteiger partial charge in [0.05, 0.1) is 19.3 Å². The van der Waals surface area contributed by atoms with Crippen molar-refractivity contribution in [3.8, 4) is 11.5 Å². The highest BCUT2D eigenvalue weighted by Crippen LogP contribution is 2.33. The summed E-state index contributed by atoms with van der Waals surface area (Å²) in [5, 5.41) is 14.2. The lowest BCUT2D eigenvalue weighted by Crippen LogP contribution is -2.43. The third-order valence-electron chi connectivity index (χ3n) is 4.47. The average Bonchev–Trinajstić information content (AvgIpc) is 2.73. The summed E-state index contributed by atoms with van der Waals surface area (Å²) >= 11 is 0. The number of hydrogen-bond donors (Lipinski definition) is 2. The normalized spacial score (nSPS) is 15.7. The van der Waals surface area contributed by atoms with Gasteiger partial charge < -0.3 is 24.7 Å². The van der Waals surface area contributed by atoms with E-state index in [1.54, 1.807) is 25.4 Å². The molecule has 0 fully saturated rings. The number of hydrazine groups is 1. The summed E-state index contributed by atoms with van der Waals surface area (Å²) in [5.41, 5.74) is 4.92. The fraction of sp³-hybridized carbons (Fsp3) is 0.273. The van der Waals surface area contributed by atoms with Crippen LogP contribution in [0.25, 0.3) is 0 Å². The van der Waals surface area contributed by atoms with Crippen molar-refractivity contribution in [2.75, 3.05) is 12.4 Å². The van der Waals surface area contributed by atoms with E-state index in [0.29, 0.717) is 29.2 Å². The van der Waals surface area contributed by atoms with E-state index < -0.39 is 6.09 Å². The second-order valence-corrected chi connectivity index (χ2v) is 7.04. The number of amides is 2. The van der Waals surface area contributed by atoms with Crippen molar-refractivity contribution in [3.05, 3.63) is 65.9 Å². The zero-order valence-electron chi connectivity index (χ0n) is 17.0. The van der Waals surface area contributed by atoms with Crippen LogP contribution in [0.5, 0.6) is 11.5 Å². The summed E-state index contributed by atoms with van der Waals surface area (Å²) in [6.07, 6.45) is 2.89. The van der Waals surface area contributed by atoms with Crippen molar-refractivity contribution in [1.29, 1.82) is 0 Å². The Balaban J connectivity index is 1.75. The van der Waals surface area contributed by atoms with Gasteiger partial charge in [0.25, 0.3) is 5.91 Å².